The lowest BCUT2D eigenvalue weighted by Gasteiger charge is -2.32. The van der Waals surface area contributed by atoms with Gasteiger partial charge >= 0.3 is 0 Å². The molecule has 2 aliphatic rings. The van der Waals surface area contributed by atoms with Crippen LogP contribution in [0.25, 0.3) is 17.3 Å². The lowest BCUT2D eigenvalue weighted by atomic mass is 9.95. The molecule has 0 fully saturated rings. The molecule has 3 aromatic rings. The van der Waals surface area contributed by atoms with E-state index in [1.807, 2.05) is 60.0 Å². The average Bonchev–Trinajstić information content (AvgIpc) is 3.31. The maximum absolute atomic E-state index is 13.2. The first-order valence-corrected chi connectivity index (χ1v) is 10.2. The van der Waals surface area contributed by atoms with Crippen LogP contribution in [0.5, 0.6) is 0 Å². The standard InChI is InChI=1S/C23H21ClN4O/c1-14-21-18(22(27(2)26-21)16-6-3-7-17(24)13-16)11-12-28(14)23(29)20-10-9-15-5-4-8-19(15)25-20/h3-7,9-10,13-14H,8,11-12H2,1-2H3/t14-/m0/s1. The molecule has 1 amide bonds. The van der Waals surface area contributed by atoms with Crippen LogP contribution in [0.1, 0.15) is 46.0 Å². The minimum absolute atomic E-state index is 0.0344. The molecule has 0 unspecified atom stereocenters. The van der Waals surface area contributed by atoms with E-state index in [1.165, 1.54) is 5.56 Å². The minimum atomic E-state index is -0.112. The number of hydrogen-bond donors (Lipinski definition) is 0. The van der Waals surface area contributed by atoms with Crippen molar-refractivity contribution >= 4 is 23.6 Å². The molecule has 0 bridgehead atoms. The van der Waals surface area contributed by atoms with Gasteiger partial charge in [0.2, 0.25) is 0 Å². The fourth-order valence-corrected chi connectivity index (χ4v) is 4.60. The highest BCUT2D eigenvalue weighted by atomic mass is 35.5. The van der Waals surface area contributed by atoms with E-state index in [1.54, 1.807) is 0 Å². The predicted octanol–water partition coefficient (Wildman–Crippen LogP) is 4.46. The molecule has 1 aliphatic heterocycles. The number of aryl methyl sites for hydroxylation is 1. The number of halogens is 1. The van der Waals surface area contributed by atoms with E-state index in [-0.39, 0.29) is 11.9 Å². The molecule has 0 N–H and O–H groups in total. The third-order valence-corrected chi connectivity index (χ3v) is 6.07. The van der Waals surface area contributed by atoms with Crippen molar-refractivity contribution in [2.45, 2.75) is 25.8 Å². The van der Waals surface area contributed by atoms with Gasteiger partial charge in [-0.2, -0.15) is 5.10 Å². The number of benzene rings is 1. The molecule has 1 aliphatic carbocycles. The van der Waals surface area contributed by atoms with Crippen molar-refractivity contribution < 1.29 is 4.79 Å². The molecule has 5 nitrogen and oxygen atoms in total. The second-order valence-corrected chi connectivity index (χ2v) is 8.05. The molecule has 29 heavy (non-hydrogen) atoms. The van der Waals surface area contributed by atoms with Crippen LogP contribution in [0.4, 0.5) is 0 Å². The largest absolute Gasteiger partial charge is 0.329 e. The van der Waals surface area contributed by atoms with Crippen molar-refractivity contribution in [3.05, 3.63) is 75.7 Å². The first kappa shape index (κ1) is 18.1. The van der Waals surface area contributed by atoms with E-state index in [2.05, 4.69) is 17.1 Å². The van der Waals surface area contributed by atoms with E-state index >= 15 is 0 Å². The van der Waals surface area contributed by atoms with Crippen molar-refractivity contribution in [2.24, 2.45) is 7.05 Å². The Bertz CT molecular complexity index is 1160. The summed E-state index contributed by atoms with van der Waals surface area (Å²) in [6.45, 7) is 2.68. The SMILES string of the molecule is C[C@H]1c2nn(C)c(-c3cccc(Cl)c3)c2CCN1C(=O)c1ccc2c(n1)CC=C2. The van der Waals surface area contributed by atoms with Gasteiger partial charge in [0, 0.05) is 36.2 Å². The summed E-state index contributed by atoms with van der Waals surface area (Å²) in [4.78, 5) is 19.7. The van der Waals surface area contributed by atoms with Crippen LogP contribution in [-0.2, 0) is 19.9 Å². The van der Waals surface area contributed by atoms with Gasteiger partial charge < -0.3 is 4.90 Å². The Morgan fingerprint density at radius 1 is 1.24 bits per heavy atom. The third-order valence-electron chi connectivity index (χ3n) is 5.84. The van der Waals surface area contributed by atoms with Crippen molar-refractivity contribution in [1.29, 1.82) is 0 Å². The Kier molecular flexibility index (Phi) is 4.28. The van der Waals surface area contributed by atoms with Gasteiger partial charge in [0.1, 0.15) is 5.69 Å². The maximum Gasteiger partial charge on any atom is 0.273 e. The van der Waals surface area contributed by atoms with Crippen LogP contribution in [-0.4, -0.2) is 32.1 Å². The second kappa shape index (κ2) is 6.85. The fraction of sp³-hybridized carbons (Fsp3) is 0.261. The number of amides is 1. The maximum atomic E-state index is 13.2. The van der Waals surface area contributed by atoms with Gasteiger partial charge in [-0.1, -0.05) is 42.0 Å². The van der Waals surface area contributed by atoms with Gasteiger partial charge in [-0.3, -0.25) is 9.48 Å². The summed E-state index contributed by atoms with van der Waals surface area (Å²) < 4.78 is 1.90. The first-order valence-electron chi connectivity index (χ1n) is 9.82. The summed E-state index contributed by atoms with van der Waals surface area (Å²) in [5, 5.41) is 5.48. The Morgan fingerprint density at radius 3 is 2.93 bits per heavy atom. The van der Waals surface area contributed by atoms with Crippen LogP contribution >= 0.6 is 11.6 Å². The van der Waals surface area contributed by atoms with Crippen LogP contribution < -0.4 is 0 Å². The summed E-state index contributed by atoms with van der Waals surface area (Å²) in [5.41, 5.74) is 6.85. The molecule has 0 spiro atoms. The van der Waals surface area contributed by atoms with Crippen molar-refractivity contribution in [3.8, 4) is 11.3 Å². The third kappa shape index (κ3) is 2.97. The van der Waals surface area contributed by atoms with Crippen LogP contribution in [0, 0.1) is 0 Å². The molecule has 6 heteroatoms. The highest BCUT2D eigenvalue weighted by Gasteiger charge is 2.34. The monoisotopic (exact) mass is 404 g/mol. The smallest absolute Gasteiger partial charge is 0.273 e. The molecule has 0 radical (unpaired) electrons. The van der Waals surface area contributed by atoms with Crippen molar-refractivity contribution in [2.75, 3.05) is 6.54 Å². The van der Waals surface area contributed by atoms with Gasteiger partial charge in [0.15, 0.2) is 0 Å². The number of carbonyl (C=O) groups is 1. The summed E-state index contributed by atoms with van der Waals surface area (Å²) in [6.07, 6.45) is 5.68. The zero-order chi connectivity index (χ0) is 20.1. The summed E-state index contributed by atoms with van der Waals surface area (Å²) in [7, 11) is 1.95. The number of carbonyl (C=O) groups excluding carboxylic acids is 1. The quantitative estimate of drug-likeness (QED) is 0.633. The topological polar surface area (TPSA) is 51.0 Å². The first-order chi connectivity index (χ1) is 14.0. The molecule has 0 saturated heterocycles. The van der Waals surface area contributed by atoms with Gasteiger partial charge in [-0.15, -0.1) is 0 Å². The van der Waals surface area contributed by atoms with Crippen LogP contribution in [0.2, 0.25) is 5.02 Å². The molecule has 0 saturated carbocycles. The number of aromatic nitrogens is 3. The van der Waals surface area contributed by atoms with Gasteiger partial charge in [0.05, 0.1) is 23.1 Å². The lowest BCUT2D eigenvalue weighted by molar-refractivity contribution is 0.0667. The number of pyridine rings is 1. The lowest BCUT2D eigenvalue weighted by Crippen LogP contribution is -2.39. The minimum Gasteiger partial charge on any atom is -0.329 e. The second-order valence-electron chi connectivity index (χ2n) is 7.61. The molecule has 146 valence electrons. The van der Waals surface area contributed by atoms with Crippen LogP contribution in [0.15, 0.2) is 42.5 Å². The van der Waals surface area contributed by atoms with Gasteiger partial charge in [-0.25, -0.2) is 4.98 Å². The molecular weight excluding hydrogens is 384 g/mol. The average molecular weight is 405 g/mol. The number of fused-ring (bicyclic) bond motifs is 2. The fourth-order valence-electron chi connectivity index (χ4n) is 4.41. The molecule has 1 aromatic carbocycles. The molecule has 5 rings (SSSR count). The number of allylic oxidation sites excluding steroid dienone is 1. The summed E-state index contributed by atoms with van der Waals surface area (Å²) in [5.74, 6) is -0.0344. The Balaban J connectivity index is 1.48. The van der Waals surface area contributed by atoms with E-state index in [4.69, 9.17) is 16.7 Å². The number of nitrogens with zero attached hydrogens (tertiary/aromatic N) is 4. The highest BCUT2D eigenvalue weighted by molar-refractivity contribution is 6.30. The van der Waals surface area contributed by atoms with Gasteiger partial charge in [-0.05, 0) is 37.1 Å². The zero-order valence-electron chi connectivity index (χ0n) is 16.4. The van der Waals surface area contributed by atoms with E-state index in [0.29, 0.717) is 17.3 Å². The molecule has 2 aromatic heterocycles. The normalized spacial score (nSPS) is 17.3. The molecule has 1 atom stereocenters. The van der Waals surface area contributed by atoms with E-state index < -0.39 is 0 Å². The molecular formula is C23H21ClN4O. The molecule has 3 heterocycles. The Hall–Kier alpha value is -2.92. The number of rotatable bonds is 2. The Morgan fingerprint density at radius 2 is 2.10 bits per heavy atom. The van der Waals surface area contributed by atoms with Gasteiger partial charge in [0.25, 0.3) is 5.91 Å². The highest BCUT2D eigenvalue weighted by Crippen LogP contribution is 2.36. The summed E-state index contributed by atoms with van der Waals surface area (Å²) >= 11 is 6.20. The van der Waals surface area contributed by atoms with E-state index in [9.17, 15) is 4.79 Å². The van der Waals surface area contributed by atoms with E-state index in [0.717, 1.165) is 41.1 Å². The zero-order valence-corrected chi connectivity index (χ0v) is 17.1. The Labute approximate surface area is 174 Å². The summed E-state index contributed by atoms with van der Waals surface area (Å²) in [6, 6.07) is 11.5. The van der Waals surface area contributed by atoms with Crippen LogP contribution in [0.3, 0.4) is 0 Å². The van der Waals surface area contributed by atoms with Crippen molar-refractivity contribution in [3.63, 3.8) is 0 Å². The predicted molar refractivity (Wildman–Crippen MR) is 114 cm³/mol. The number of hydrogen-bond acceptors (Lipinski definition) is 3. The van der Waals surface area contributed by atoms with Crippen molar-refractivity contribution in [1.82, 2.24) is 19.7 Å².